The van der Waals surface area contributed by atoms with Crippen LogP contribution >= 0.6 is 0 Å². The fraction of sp³-hybridized carbons (Fsp3) is 0.154. The Bertz CT molecular complexity index is 465. The van der Waals surface area contributed by atoms with E-state index in [4.69, 9.17) is 0 Å². The molecule has 0 fully saturated rings. The molecular weight excluding hydrogens is 234 g/mol. The molecule has 1 rings (SSSR count). The molecule has 94 valence electrons. The summed E-state index contributed by atoms with van der Waals surface area (Å²) < 4.78 is 4.28. The highest BCUT2D eigenvalue weighted by atomic mass is 16.5. The summed E-state index contributed by atoms with van der Waals surface area (Å²) in [6, 6.07) is 9.11. The van der Waals surface area contributed by atoms with Crippen LogP contribution in [0, 0.1) is 0 Å². The van der Waals surface area contributed by atoms with Crippen LogP contribution in [0.1, 0.15) is 5.56 Å². The summed E-state index contributed by atoms with van der Waals surface area (Å²) >= 11 is 0. The summed E-state index contributed by atoms with van der Waals surface area (Å²) in [5.41, 5.74) is 0.819. The Morgan fingerprint density at radius 2 is 1.89 bits per heavy atom. The molecule has 0 aliphatic rings. The highest BCUT2D eigenvalue weighted by Gasteiger charge is 2.11. The first kappa shape index (κ1) is 13.6. The van der Waals surface area contributed by atoms with Gasteiger partial charge in [0.05, 0.1) is 13.7 Å². The average molecular weight is 247 g/mol. The predicted octanol–water partition coefficient (Wildman–Crippen LogP) is 1.19. The average Bonchev–Trinajstić information content (AvgIpc) is 2.42. The monoisotopic (exact) mass is 247 g/mol. The molecule has 0 aliphatic carbocycles. The molecule has 0 atom stereocenters. The fourth-order valence-corrected chi connectivity index (χ4v) is 1.14. The third-order valence-corrected chi connectivity index (χ3v) is 2.08. The summed E-state index contributed by atoms with van der Waals surface area (Å²) in [7, 11) is 1.18. The summed E-state index contributed by atoms with van der Waals surface area (Å²) in [6.45, 7) is -0.370. The zero-order chi connectivity index (χ0) is 13.4. The smallest absolute Gasteiger partial charge is 0.407 e. The maximum atomic E-state index is 11.4. The van der Waals surface area contributed by atoms with Crippen LogP contribution in [0.2, 0.25) is 0 Å². The zero-order valence-electron chi connectivity index (χ0n) is 9.88. The summed E-state index contributed by atoms with van der Waals surface area (Å²) in [6.07, 6.45) is 1.97. The molecule has 1 aromatic rings. The van der Waals surface area contributed by atoms with E-state index in [0.717, 1.165) is 5.56 Å². The number of benzene rings is 1. The van der Waals surface area contributed by atoms with Crippen molar-refractivity contribution in [1.29, 1.82) is 0 Å². The lowest BCUT2D eigenvalue weighted by Gasteiger charge is -2.00. The molecule has 1 amide bonds. The highest BCUT2D eigenvalue weighted by molar-refractivity contribution is 6.43. The topological polar surface area (TPSA) is 72.5 Å². The van der Waals surface area contributed by atoms with Gasteiger partial charge in [-0.15, -0.1) is 0 Å². The fourth-order valence-electron chi connectivity index (χ4n) is 1.14. The molecule has 0 spiro atoms. The number of allylic oxidation sites excluding steroid dienone is 1. The van der Waals surface area contributed by atoms with Crippen LogP contribution in [0.4, 0.5) is 4.79 Å². The van der Waals surface area contributed by atoms with Gasteiger partial charge in [-0.2, -0.15) is 0 Å². The van der Waals surface area contributed by atoms with Gasteiger partial charge in [0.15, 0.2) is 0 Å². The number of alkyl carbamates (subject to hydrolysis) is 1. The quantitative estimate of drug-likeness (QED) is 0.626. The van der Waals surface area contributed by atoms with Gasteiger partial charge in [-0.3, -0.25) is 9.59 Å². The minimum atomic E-state index is -0.747. The van der Waals surface area contributed by atoms with E-state index in [1.165, 1.54) is 13.2 Å². The van der Waals surface area contributed by atoms with Crippen LogP contribution in [0.25, 0.3) is 6.08 Å². The van der Waals surface area contributed by atoms with Crippen molar-refractivity contribution in [3.8, 4) is 0 Å². The molecule has 1 aromatic carbocycles. The normalized spacial score (nSPS) is 10.1. The van der Waals surface area contributed by atoms with Gasteiger partial charge in [-0.25, -0.2) is 4.79 Å². The van der Waals surface area contributed by atoms with Crippen molar-refractivity contribution < 1.29 is 19.1 Å². The van der Waals surface area contributed by atoms with Crippen LogP contribution < -0.4 is 5.32 Å². The summed E-state index contributed by atoms with van der Waals surface area (Å²) in [5.74, 6) is -1.37. The lowest BCUT2D eigenvalue weighted by atomic mass is 10.1. The van der Waals surface area contributed by atoms with Gasteiger partial charge in [0.1, 0.15) is 0 Å². The Morgan fingerprint density at radius 1 is 1.22 bits per heavy atom. The molecule has 0 unspecified atom stereocenters. The van der Waals surface area contributed by atoms with Crippen molar-refractivity contribution in [3.05, 3.63) is 42.0 Å². The van der Waals surface area contributed by atoms with E-state index >= 15 is 0 Å². The number of amides is 1. The van der Waals surface area contributed by atoms with Gasteiger partial charge < -0.3 is 10.1 Å². The van der Waals surface area contributed by atoms with Crippen LogP contribution in [-0.2, 0) is 14.3 Å². The van der Waals surface area contributed by atoms with Crippen LogP contribution in [-0.4, -0.2) is 31.3 Å². The zero-order valence-corrected chi connectivity index (χ0v) is 9.88. The first-order valence-corrected chi connectivity index (χ1v) is 5.25. The largest absolute Gasteiger partial charge is 0.453 e. The Kier molecular flexibility index (Phi) is 5.31. The van der Waals surface area contributed by atoms with E-state index in [0.29, 0.717) is 0 Å². The molecule has 0 radical (unpaired) electrons. The minimum absolute atomic E-state index is 0.370. The molecule has 1 N–H and O–H groups in total. The standard InChI is InChI=1S/C13H13NO4/c1-18-13(17)14-9-12(16)11(15)8-7-10-5-3-2-4-6-10/h2-8H,9H2,1H3,(H,14,17)/b8-7+. The van der Waals surface area contributed by atoms with Crippen molar-refractivity contribution >= 4 is 23.7 Å². The lowest BCUT2D eigenvalue weighted by Crippen LogP contribution is -2.32. The van der Waals surface area contributed by atoms with E-state index in [1.807, 2.05) is 18.2 Å². The second kappa shape index (κ2) is 7.01. The van der Waals surface area contributed by atoms with E-state index in [1.54, 1.807) is 18.2 Å². The van der Waals surface area contributed by atoms with Gasteiger partial charge >= 0.3 is 6.09 Å². The van der Waals surface area contributed by atoms with Crippen molar-refractivity contribution in [2.75, 3.05) is 13.7 Å². The summed E-state index contributed by atoms with van der Waals surface area (Å²) in [5, 5.41) is 2.15. The SMILES string of the molecule is COC(=O)NCC(=O)C(=O)/C=C/c1ccccc1. The predicted molar refractivity (Wildman–Crippen MR) is 65.9 cm³/mol. The molecule has 0 heterocycles. The lowest BCUT2D eigenvalue weighted by molar-refractivity contribution is -0.133. The number of hydrogen-bond acceptors (Lipinski definition) is 4. The number of Topliss-reactive ketones (excluding diaryl/α,β-unsaturated/α-hetero) is 1. The van der Waals surface area contributed by atoms with Gasteiger partial charge in [0.25, 0.3) is 0 Å². The molecule has 0 bridgehead atoms. The number of ether oxygens (including phenoxy) is 1. The van der Waals surface area contributed by atoms with Gasteiger partial charge in [-0.1, -0.05) is 36.4 Å². The van der Waals surface area contributed by atoms with Crippen molar-refractivity contribution in [1.82, 2.24) is 5.32 Å². The Balaban J connectivity index is 2.48. The first-order valence-electron chi connectivity index (χ1n) is 5.25. The Labute approximate surface area is 104 Å². The third kappa shape index (κ3) is 4.61. The van der Waals surface area contributed by atoms with Crippen molar-refractivity contribution in [3.63, 3.8) is 0 Å². The molecule has 0 aliphatic heterocycles. The van der Waals surface area contributed by atoms with Crippen LogP contribution in [0.3, 0.4) is 0 Å². The Morgan fingerprint density at radius 3 is 2.50 bits per heavy atom. The van der Waals surface area contributed by atoms with E-state index in [2.05, 4.69) is 10.1 Å². The number of methoxy groups -OCH3 is 1. The molecule has 5 nitrogen and oxygen atoms in total. The van der Waals surface area contributed by atoms with Gasteiger partial charge in [-0.05, 0) is 11.6 Å². The van der Waals surface area contributed by atoms with Crippen LogP contribution in [0.5, 0.6) is 0 Å². The minimum Gasteiger partial charge on any atom is -0.453 e. The maximum Gasteiger partial charge on any atom is 0.407 e. The number of ketones is 2. The second-order valence-electron chi connectivity index (χ2n) is 3.38. The molecule has 0 aromatic heterocycles. The molecule has 0 saturated heterocycles. The number of hydrogen-bond donors (Lipinski definition) is 1. The molecule has 0 saturated carbocycles. The van der Waals surface area contributed by atoms with Crippen molar-refractivity contribution in [2.45, 2.75) is 0 Å². The number of carbonyl (C=O) groups is 3. The van der Waals surface area contributed by atoms with Gasteiger partial charge in [0, 0.05) is 0 Å². The second-order valence-corrected chi connectivity index (χ2v) is 3.38. The highest BCUT2D eigenvalue weighted by Crippen LogP contribution is 2.00. The van der Waals surface area contributed by atoms with Gasteiger partial charge in [0.2, 0.25) is 11.6 Å². The number of nitrogens with one attached hydrogen (secondary N) is 1. The first-order chi connectivity index (χ1) is 8.63. The van der Waals surface area contributed by atoms with Crippen molar-refractivity contribution in [2.24, 2.45) is 0 Å². The Hall–Kier alpha value is -2.43. The van der Waals surface area contributed by atoms with E-state index < -0.39 is 17.7 Å². The molecule has 5 heteroatoms. The maximum absolute atomic E-state index is 11.4. The number of rotatable bonds is 5. The molecular formula is C13H13NO4. The molecule has 18 heavy (non-hydrogen) atoms. The number of carbonyl (C=O) groups excluding carboxylic acids is 3. The summed E-state index contributed by atoms with van der Waals surface area (Å²) in [4.78, 5) is 33.4. The van der Waals surface area contributed by atoms with E-state index in [-0.39, 0.29) is 6.54 Å². The van der Waals surface area contributed by atoms with Crippen LogP contribution in [0.15, 0.2) is 36.4 Å². The van der Waals surface area contributed by atoms with E-state index in [9.17, 15) is 14.4 Å². The third-order valence-electron chi connectivity index (χ3n) is 2.08.